The molecule has 9 heteroatoms. The number of aromatic nitrogens is 4. The van der Waals surface area contributed by atoms with Crippen molar-refractivity contribution in [3.8, 4) is 11.1 Å². The third kappa shape index (κ3) is 3.89. The van der Waals surface area contributed by atoms with Crippen LogP contribution in [0.4, 0.5) is 5.69 Å². The molecular weight excluding hydrogens is 478 g/mol. The van der Waals surface area contributed by atoms with Gasteiger partial charge in [0.1, 0.15) is 5.65 Å². The van der Waals surface area contributed by atoms with Gasteiger partial charge in [-0.3, -0.25) is 14.3 Å². The fourth-order valence-corrected chi connectivity index (χ4v) is 6.45. The molecule has 2 aliphatic heterocycles. The lowest BCUT2D eigenvalue weighted by Crippen LogP contribution is -2.40. The number of nitrogens with zero attached hydrogens (tertiary/aromatic N) is 3. The second kappa shape index (κ2) is 9.09. The summed E-state index contributed by atoms with van der Waals surface area (Å²) in [6.45, 7) is 1.96. The van der Waals surface area contributed by atoms with E-state index in [9.17, 15) is 9.59 Å². The molecule has 3 aromatic heterocycles. The zero-order valence-corrected chi connectivity index (χ0v) is 21.2. The highest BCUT2D eigenvalue weighted by atomic mass is 16.2. The molecule has 38 heavy (non-hydrogen) atoms. The number of pyridine rings is 1. The van der Waals surface area contributed by atoms with E-state index in [4.69, 9.17) is 0 Å². The smallest absolute Gasteiger partial charge is 0.257 e. The number of amides is 2. The van der Waals surface area contributed by atoms with E-state index in [1.807, 2.05) is 35.3 Å². The molecule has 4 N–H and O–H groups in total. The van der Waals surface area contributed by atoms with Crippen molar-refractivity contribution in [2.24, 2.45) is 0 Å². The topological polar surface area (TPSA) is 117 Å². The Kier molecular flexibility index (Phi) is 5.54. The molecule has 2 amide bonds. The Bertz CT molecular complexity index is 1540. The molecule has 4 aromatic rings. The number of aromatic amines is 1. The molecule has 7 rings (SSSR count). The standard InChI is InChI=1S/C29H31N7O2/c37-27(34-20-15-33-36(17-20)21-6-10-30-11-7-21)19-12-23-24(16-32-26(23)31-14-19)18-4-5-22-25(13-18)29(35-28(22)38)8-2-1-3-9-29/h4-5,12-17,21,30H,1-3,6-11H2,(H,31,32)(H,34,37)(H,35,38). The number of anilines is 1. The average Bonchev–Trinajstić information content (AvgIpc) is 3.66. The van der Waals surface area contributed by atoms with Crippen molar-refractivity contribution in [2.45, 2.75) is 56.5 Å². The normalized spacial score (nSPS) is 19.0. The summed E-state index contributed by atoms with van der Waals surface area (Å²) in [6.07, 6.45) is 14.6. The third-order valence-electron chi connectivity index (χ3n) is 8.49. The number of nitrogens with one attached hydrogen (secondary N) is 4. The summed E-state index contributed by atoms with van der Waals surface area (Å²) in [6, 6.07) is 8.32. The molecule has 1 saturated carbocycles. The summed E-state index contributed by atoms with van der Waals surface area (Å²) < 4.78 is 1.95. The van der Waals surface area contributed by atoms with Crippen LogP contribution in [0.25, 0.3) is 22.2 Å². The van der Waals surface area contributed by atoms with Gasteiger partial charge < -0.3 is 20.9 Å². The molecule has 1 aliphatic carbocycles. The van der Waals surface area contributed by atoms with Crippen LogP contribution in [-0.2, 0) is 5.54 Å². The van der Waals surface area contributed by atoms with E-state index in [1.54, 1.807) is 12.4 Å². The predicted molar refractivity (Wildman–Crippen MR) is 145 cm³/mol. The van der Waals surface area contributed by atoms with Crippen molar-refractivity contribution in [1.82, 2.24) is 30.4 Å². The molecule has 0 unspecified atom stereocenters. The first-order valence-electron chi connectivity index (χ1n) is 13.6. The fraction of sp³-hybridized carbons (Fsp3) is 0.379. The zero-order valence-electron chi connectivity index (χ0n) is 21.2. The molecule has 5 heterocycles. The Balaban J connectivity index is 1.17. The van der Waals surface area contributed by atoms with E-state index in [-0.39, 0.29) is 17.4 Å². The Morgan fingerprint density at radius 3 is 2.74 bits per heavy atom. The minimum atomic E-state index is -0.255. The lowest BCUT2D eigenvalue weighted by Gasteiger charge is -2.34. The third-order valence-corrected chi connectivity index (χ3v) is 8.49. The van der Waals surface area contributed by atoms with Gasteiger partial charge in [0, 0.05) is 35.1 Å². The van der Waals surface area contributed by atoms with Gasteiger partial charge in [-0.05, 0) is 68.1 Å². The van der Waals surface area contributed by atoms with Crippen molar-refractivity contribution in [2.75, 3.05) is 18.4 Å². The van der Waals surface area contributed by atoms with Gasteiger partial charge in [-0.2, -0.15) is 5.10 Å². The highest BCUT2D eigenvalue weighted by Gasteiger charge is 2.43. The number of carbonyl (C=O) groups excluding carboxylic acids is 2. The van der Waals surface area contributed by atoms with Crippen molar-refractivity contribution < 1.29 is 9.59 Å². The number of carbonyl (C=O) groups is 2. The van der Waals surface area contributed by atoms with Crippen LogP contribution in [0.15, 0.2) is 49.1 Å². The van der Waals surface area contributed by atoms with Crippen LogP contribution in [-0.4, -0.2) is 44.7 Å². The Morgan fingerprint density at radius 2 is 1.89 bits per heavy atom. The molecule has 9 nitrogen and oxygen atoms in total. The molecule has 2 fully saturated rings. The molecule has 0 bridgehead atoms. The highest BCUT2D eigenvalue weighted by molar-refractivity contribution is 6.07. The van der Waals surface area contributed by atoms with E-state index in [2.05, 4.69) is 37.1 Å². The maximum atomic E-state index is 13.2. The summed E-state index contributed by atoms with van der Waals surface area (Å²) in [5, 5.41) is 15.0. The largest absolute Gasteiger partial charge is 0.346 e. The van der Waals surface area contributed by atoms with Gasteiger partial charge >= 0.3 is 0 Å². The maximum Gasteiger partial charge on any atom is 0.257 e. The van der Waals surface area contributed by atoms with Crippen molar-refractivity contribution in [3.05, 3.63) is 65.7 Å². The van der Waals surface area contributed by atoms with Gasteiger partial charge in [0.05, 0.1) is 29.0 Å². The number of rotatable bonds is 4. The van der Waals surface area contributed by atoms with Crippen molar-refractivity contribution in [1.29, 1.82) is 0 Å². The molecule has 1 spiro atoms. The summed E-state index contributed by atoms with van der Waals surface area (Å²) >= 11 is 0. The van der Waals surface area contributed by atoms with Gasteiger partial charge in [0.25, 0.3) is 11.8 Å². The van der Waals surface area contributed by atoms with Crippen LogP contribution in [0.1, 0.15) is 77.3 Å². The summed E-state index contributed by atoms with van der Waals surface area (Å²) in [4.78, 5) is 33.7. The SMILES string of the molecule is O=C(Nc1cnn(C2CCNCC2)c1)c1cnc2[nH]cc(-c3ccc4c(c3)C3(CCCCC3)NC4=O)c2c1. The second-order valence-corrected chi connectivity index (χ2v) is 10.8. The highest BCUT2D eigenvalue weighted by Crippen LogP contribution is 2.44. The number of benzene rings is 1. The number of hydrogen-bond acceptors (Lipinski definition) is 5. The maximum absolute atomic E-state index is 13.2. The van der Waals surface area contributed by atoms with Crippen LogP contribution in [0.3, 0.4) is 0 Å². The second-order valence-electron chi connectivity index (χ2n) is 10.8. The first-order valence-corrected chi connectivity index (χ1v) is 13.6. The van der Waals surface area contributed by atoms with Gasteiger partial charge in [0.15, 0.2) is 0 Å². The van der Waals surface area contributed by atoms with Crippen molar-refractivity contribution >= 4 is 28.5 Å². The van der Waals surface area contributed by atoms with Gasteiger partial charge in [-0.15, -0.1) is 0 Å². The first-order chi connectivity index (χ1) is 18.6. The first kappa shape index (κ1) is 23.2. The average molecular weight is 510 g/mol. The Labute approximate surface area is 220 Å². The lowest BCUT2D eigenvalue weighted by molar-refractivity contribution is 0.0909. The van der Waals surface area contributed by atoms with E-state index in [1.165, 1.54) is 6.42 Å². The number of fused-ring (bicyclic) bond motifs is 3. The molecular formula is C29H31N7O2. The van der Waals surface area contributed by atoms with E-state index in [0.717, 1.165) is 84.9 Å². The van der Waals surface area contributed by atoms with Gasteiger partial charge in [0.2, 0.25) is 0 Å². The summed E-state index contributed by atoms with van der Waals surface area (Å²) in [5.74, 6) is -0.196. The van der Waals surface area contributed by atoms with Crippen LogP contribution in [0.5, 0.6) is 0 Å². The predicted octanol–water partition coefficient (Wildman–Crippen LogP) is 4.51. The Morgan fingerprint density at radius 1 is 1.05 bits per heavy atom. The van der Waals surface area contributed by atoms with Crippen molar-refractivity contribution in [3.63, 3.8) is 0 Å². The van der Waals surface area contributed by atoms with Gasteiger partial charge in [-0.1, -0.05) is 25.3 Å². The summed E-state index contributed by atoms with van der Waals surface area (Å²) in [5.41, 5.74) is 5.48. The van der Waals surface area contributed by atoms with E-state index < -0.39 is 0 Å². The molecule has 0 radical (unpaired) electrons. The Hall–Kier alpha value is -3.98. The molecule has 1 aromatic carbocycles. The van der Waals surface area contributed by atoms with E-state index in [0.29, 0.717) is 17.3 Å². The van der Waals surface area contributed by atoms with Crippen LogP contribution in [0, 0.1) is 0 Å². The lowest BCUT2D eigenvalue weighted by atomic mass is 9.77. The number of hydrogen-bond donors (Lipinski definition) is 4. The minimum Gasteiger partial charge on any atom is -0.346 e. The molecule has 0 atom stereocenters. The number of piperidine rings is 1. The quantitative estimate of drug-likeness (QED) is 0.323. The molecule has 194 valence electrons. The van der Waals surface area contributed by atoms with Crippen LogP contribution in [0.2, 0.25) is 0 Å². The van der Waals surface area contributed by atoms with E-state index >= 15 is 0 Å². The summed E-state index contributed by atoms with van der Waals surface area (Å²) in [7, 11) is 0. The number of H-pyrrole nitrogens is 1. The zero-order chi connectivity index (χ0) is 25.7. The van der Waals surface area contributed by atoms with Crippen LogP contribution >= 0.6 is 0 Å². The fourth-order valence-electron chi connectivity index (χ4n) is 6.45. The monoisotopic (exact) mass is 509 g/mol. The molecule has 3 aliphatic rings. The minimum absolute atomic E-state index is 0.0245. The molecule has 1 saturated heterocycles. The van der Waals surface area contributed by atoms with Crippen LogP contribution < -0.4 is 16.0 Å². The van der Waals surface area contributed by atoms with Gasteiger partial charge in [-0.25, -0.2) is 4.98 Å².